The molecule has 2 fully saturated rings. The van der Waals surface area contributed by atoms with E-state index in [-0.39, 0.29) is 6.04 Å². The van der Waals surface area contributed by atoms with Gasteiger partial charge in [0.15, 0.2) is 11.6 Å². The maximum Gasteiger partial charge on any atom is 0.191 e. The average Bonchev–Trinajstić information content (AvgIpc) is 3.30. The van der Waals surface area contributed by atoms with E-state index in [0.29, 0.717) is 12.5 Å². The van der Waals surface area contributed by atoms with E-state index in [1.54, 1.807) is 7.05 Å². The highest BCUT2D eigenvalue weighted by Crippen LogP contribution is 2.49. The smallest absolute Gasteiger partial charge is 0.191 e. The van der Waals surface area contributed by atoms with Crippen LogP contribution < -0.4 is 10.6 Å². The second-order valence-corrected chi connectivity index (χ2v) is 5.12. The van der Waals surface area contributed by atoms with Gasteiger partial charge in [-0.2, -0.15) is 0 Å². The van der Waals surface area contributed by atoms with Gasteiger partial charge in [-0.1, -0.05) is 30.3 Å². The van der Waals surface area contributed by atoms with Crippen LogP contribution in [-0.4, -0.2) is 25.1 Å². The van der Waals surface area contributed by atoms with Crippen LogP contribution >= 0.6 is 0 Å². The zero-order chi connectivity index (χ0) is 12.6. The first kappa shape index (κ1) is 11.5. The Kier molecular flexibility index (Phi) is 2.73. The molecule has 0 amide bonds. The van der Waals surface area contributed by atoms with Gasteiger partial charge in [0.05, 0.1) is 6.04 Å². The standard InChI is InChI=1S/C14H18FN3/c1-16-13(17-11-7-8-11)18-12-9-14(12,15)10-5-3-2-4-6-10/h2-6,11-12H,7-9H2,1H3,(H2,16,17,18). The lowest BCUT2D eigenvalue weighted by atomic mass is 10.1. The molecule has 18 heavy (non-hydrogen) atoms. The van der Waals surface area contributed by atoms with Crippen LogP contribution in [0.5, 0.6) is 0 Å². The Morgan fingerprint density at radius 3 is 2.61 bits per heavy atom. The molecule has 0 spiro atoms. The number of guanidine groups is 1. The number of aliphatic imine (C=N–C) groups is 1. The van der Waals surface area contributed by atoms with Crippen molar-refractivity contribution in [3.8, 4) is 0 Å². The fourth-order valence-corrected chi connectivity index (χ4v) is 2.19. The number of benzene rings is 1. The zero-order valence-electron chi connectivity index (χ0n) is 10.5. The number of alkyl halides is 1. The minimum atomic E-state index is -1.23. The predicted octanol–water partition coefficient (Wildman–Crippen LogP) is 1.95. The lowest BCUT2D eigenvalue weighted by Gasteiger charge is -2.13. The van der Waals surface area contributed by atoms with E-state index >= 15 is 0 Å². The summed E-state index contributed by atoms with van der Waals surface area (Å²) in [6.45, 7) is 0. The lowest BCUT2D eigenvalue weighted by Crippen LogP contribution is -2.41. The maximum atomic E-state index is 14.6. The van der Waals surface area contributed by atoms with Crippen molar-refractivity contribution < 1.29 is 4.39 Å². The Bertz CT molecular complexity index is 455. The van der Waals surface area contributed by atoms with Crippen molar-refractivity contribution in [3.05, 3.63) is 35.9 Å². The predicted molar refractivity (Wildman–Crippen MR) is 70.3 cm³/mol. The molecule has 2 aliphatic carbocycles. The van der Waals surface area contributed by atoms with Gasteiger partial charge in [0.25, 0.3) is 0 Å². The summed E-state index contributed by atoms with van der Waals surface area (Å²) >= 11 is 0. The Morgan fingerprint density at radius 1 is 1.28 bits per heavy atom. The quantitative estimate of drug-likeness (QED) is 0.632. The summed E-state index contributed by atoms with van der Waals surface area (Å²) in [7, 11) is 1.72. The average molecular weight is 247 g/mol. The fraction of sp³-hybridized carbons (Fsp3) is 0.500. The maximum absolute atomic E-state index is 14.6. The Morgan fingerprint density at radius 2 is 2.00 bits per heavy atom. The van der Waals surface area contributed by atoms with Crippen molar-refractivity contribution in [2.24, 2.45) is 4.99 Å². The van der Waals surface area contributed by atoms with Gasteiger partial charge in [-0.15, -0.1) is 0 Å². The molecule has 4 heteroatoms. The second kappa shape index (κ2) is 4.26. The SMILES string of the molecule is CN=C(NC1CC1)NC1CC1(F)c1ccccc1. The van der Waals surface area contributed by atoms with Gasteiger partial charge in [0.2, 0.25) is 0 Å². The third kappa shape index (κ3) is 2.19. The number of halogens is 1. The van der Waals surface area contributed by atoms with E-state index in [1.807, 2.05) is 30.3 Å². The molecule has 2 aliphatic rings. The minimum absolute atomic E-state index is 0.162. The molecule has 0 aliphatic heterocycles. The molecule has 2 unspecified atom stereocenters. The molecular formula is C14H18FN3. The summed E-state index contributed by atoms with van der Waals surface area (Å²) < 4.78 is 14.6. The van der Waals surface area contributed by atoms with Gasteiger partial charge < -0.3 is 10.6 Å². The molecule has 0 bridgehead atoms. The molecule has 2 N–H and O–H groups in total. The van der Waals surface area contributed by atoms with E-state index in [1.165, 1.54) is 12.8 Å². The van der Waals surface area contributed by atoms with Crippen LogP contribution in [0.15, 0.2) is 35.3 Å². The highest BCUT2D eigenvalue weighted by atomic mass is 19.1. The molecule has 2 atom stereocenters. The molecule has 0 radical (unpaired) electrons. The van der Waals surface area contributed by atoms with E-state index in [2.05, 4.69) is 15.6 Å². The molecule has 1 aromatic carbocycles. The molecule has 96 valence electrons. The van der Waals surface area contributed by atoms with Gasteiger partial charge in [-0.05, 0) is 18.4 Å². The van der Waals surface area contributed by atoms with Gasteiger partial charge in [-0.25, -0.2) is 4.39 Å². The van der Waals surface area contributed by atoms with Gasteiger partial charge >= 0.3 is 0 Å². The number of hydrogen-bond acceptors (Lipinski definition) is 1. The molecule has 0 heterocycles. The summed E-state index contributed by atoms with van der Waals surface area (Å²) in [5.74, 6) is 0.720. The van der Waals surface area contributed by atoms with Gasteiger partial charge in [0, 0.05) is 19.5 Å². The first-order valence-corrected chi connectivity index (χ1v) is 6.46. The lowest BCUT2D eigenvalue weighted by molar-refractivity contribution is 0.300. The molecular weight excluding hydrogens is 229 g/mol. The molecule has 3 nitrogen and oxygen atoms in total. The molecule has 0 aromatic heterocycles. The van der Waals surface area contributed by atoms with Crippen LogP contribution in [0.25, 0.3) is 0 Å². The normalized spacial score (nSPS) is 31.0. The third-order valence-electron chi connectivity index (χ3n) is 3.60. The number of rotatable bonds is 3. The molecule has 1 aromatic rings. The minimum Gasteiger partial charge on any atom is -0.354 e. The first-order chi connectivity index (χ1) is 8.72. The zero-order valence-corrected chi connectivity index (χ0v) is 10.5. The van der Waals surface area contributed by atoms with Crippen LogP contribution in [0.4, 0.5) is 4.39 Å². The topological polar surface area (TPSA) is 36.4 Å². The van der Waals surface area contributed by atoms with E-state index in [4.69, 9.17) is 0 Å². The van der Waals surface area contributed by atoms with Gasteiger partial charge in [0.1, 0.15) is 0 Å². The van der Waals surface area contributed by atoms with E-state index in [9.17, 15) is 4.39 Å². The summed E-state index contributed by atoms with van der Waals surface area (Å²) in [4.78, 5) is 4.14. The van der Waals surface area contributed by atoms with Gasteiger partial charge in [-0.3, -0.25) is 4.99 Å². The molecule has 0 saturated heterocycles. The highest BCUT2D eigenvalue weighted by molar-refractivity contribution is 5.81. The van der Waals surface area contributed by atoms with Crippen LogP contribution in [0, 0.1) is 0 Å². The number of hydrogen-bond donors (Lipinski definition) is 2. The number of nitrogens with zero attached hydrogens (tertiary/aromatic N) is 1. The van der Waals surface area contributed by atoms with E-state index in [0.717, 1.165) is 11.5 Å². The van der Waals surface area contributed by atoms with Crippen LogP contribution in [0.1, 0.15) is 24.8 Å². The van der Waals surface area contributed by atoms with Crippen molar-refractivity contribution in [2.75, 3.05) is 7.05 Å². The second-order valence-electron chi connectivity index (χ2n) is 5.12. The van der Waals surface area contributed by atoms with Crippen molar-refractivity contribution in [1.82, 2.24) is 10.6 Å². The summed E-state index contributed by atoms with van der Waals surface area (Å²) in [6, 6.07) is 9.72. The third-order valence-corrected chi connectivity index (χ3v) is 3.60. The molecule has 3 rings (SSSR count). The van der Waals surface area contributed by atoms with Crippen molar-refractivity contribution in [1.29, 1.82) is 0 Å². The van der Waals surface area contributed by atoms with Crippen LogP contribution in [-0.2, 0) is 5.67 Å². The van der Waals surface area contributed by atoms with Crippen molar-refractivity contribution >= 4 is 5.96 Å². The van der Waals surface area contributed by atoms with Crippen LogP contribution in [0.2, 0.25) is 0 Å². The van der Waals surface area contributed by atoms with E-state index < -0.39 is 5.67 Å². The summed E-state index contributed by atoms with van der Waals surface area (Å²) in [5, 5.41) is 6.44. The largest absolute Gasteiger partial charge is 0.354 e. The fourth-order valence-electron chi connectivity index (χ4n) is 2.19. The van der Waals surface area contributed by atoms with Crippen molar-refractivity contribution in [3.63, 3.8) is 0 Å². The van der Waals surface area contributed by atoms with Crippen molar-refractivity contribution in [2.45, 2.75) is 37.0 Å². The number of nitrogens with one attached hydrogen (secondary N) is 2. The Hall–Kier alpha value is -1.58. The Labute approximate surface area is 106 Å². The first-order valence-electron chi connectivity index (χ1n) is 6.46. The Balaban J connectivity index is 1.62. The highest BCUT2D eigenvalue weighted by Gasteiger charge is 2.57. The summed E-state index contributed by atoms with van der Waals surface area (Å²) in [6.07, 6.45) is 2.89. The monoisotopic (exact) mass is 247 g/mol. The molecule has 2 saturated carbocycles. The summed E-state index contributed by atoms with van der Waals surface area (Å²) in [5.41, 5.74) is -0.480. The van der Waals surface area contributed by atoms with Crippen LogP contribution in [0.3, 0.4) is 0 Å².